The number of carbonyl (C=O) groups excluding carboxylic acids is 1. The van der Waals surface area contributed by atoms with Crippen molar-refractivity contribution in [3.63, 3.8) is 0 Å². The first kappa shape index (κ1) is 20.0. The molecule has 0 unspecified atom stereocenters. The quantitative estimate of drug-likeness (QED) is 0.598. The van der Waals surface area contributed by atoms with Crippen LogP contribution in [0.5, 0.6) is 5.75 Å². The Hall–Kier alpha value is -3.25. The van der Waals surface area contributed by atoms with Crippen molar-refractivity contribution < 1.29 is 18.7 Å². The summed E-state index contributed by atoms with van der Waals surface area (Å²) in [6, 6.07) is 3.27. The zero-order valence-electron chi connectivity index (χ0n) is 16.4. The molecule has 4 heterocycles. The molecule has 0 spiro atoms. The summed E-state index contributed by atoms with van der Waals surface area (Å²) in [4.78, 5) is 25.0. The number of nitrogens with zero attached hydrogens (tertiary/aromatic N) is 4. The average Bonchev–Trinajstić information content (AvgIpc) is 3.37. The van der Waals surface area contributed by atoms with Gasteiger partial charge in [0.15, 0.2) is 5.76 Å². The molecule has 1 fully saturated rings. The van der Waals surface area contributed by atoms with Gasteiger partial charge in [0, 0.05) is 30.6 Å². The molecule has 1 aliphatic heterocycles. The van der Waals surface area contributed by atoms with Crippen molar-refractivity contribution in [2.24, 2.45) is 0 Å². The van der Waals surface area contributed by atoms with E-state index in [0.29, 0.717) is 24.0 Å². The Balaban J connectivity index is 1.54. The lowest BCUT2D eigenvalue weighted by Gasteiger charge is -2.24. The molecule has 3 aromatic heterocycles. The van der Waals surface area contributed by atoms with Crippen molar-refractivity contribution in [3.8, 4) is 10.9 Å². The van der Waals surface area contributed by atoms with Gasteiger partial charge in [-0.2, -0.15) is 5.10 Å². The normalized spacial score (nSPS) is 16.3. The number of anilines is 2. The first-order valence-corrected chi connectivity index (χ1v) is 10.1. The van der Waals surface area contributed by atoms with Crippen LogP contribution in [-0.4, -0.2) is 52.3 Å². The van der Waals surface area contributed by atoms with E-state index in [9.17, 15) is 9.59 Å². The summed E-state index contributed by atoms with van der Waals surface area (Å²) < 4.78 is 17.3. The summed E-state index contributed by atoms with van der Waals surface area (Å²) in [5, 5.41) is 18.7. The van der Waals surface area contributed by atoms with Crippen LogP contribution in [-0.2, 0) is 4.74 Å². The molecule has 1 aliphatic rings. The van der Waals surface area contributed by atoms with Gasteiger partial charge in [0.25, 0.3) is 5.91 Å². The van der Waals surface area contributed by atoms with Gasteiger partial charge in [-0.05, 0) is 25.8 Å². The van der Waals surface area contributed by atoms with Crippen molar-refractivity contribution in [2.45, 2.75) is 25.8 Å². The molecular weight excluding hydrogens is 412 g/mol. The summed E-state index contributed by atoms with van der Waals surface area (Å²) in [6.07, 6.45) is 3.43. The largest absolute Gasteiger partial charge is 0.488 e. The molecule has 0 radical (unpaired) electrons. The molecule has 2 N–H and O–H groups in total. The second-order valence-corrected chi connectivity index (χ2v) is 7.59. The zero-order chi connectivity index (χ0) is 21.1. The van der Waals surface area contributed by atoms with Crippen LogP contribution < -0.4 is 21.0 Å². The maximum absolute atomic E-state index is 12.7. The fourth-order valence-electron chi connectivity index (χ4n) is 3.05. The van der Waals surface area contributed by atoms with Gasteiger partial charge in [0.2, 0.25) is 16.0 Å². The van der Waals surface area contributed by atoms with E-state index >= 15 is 0 Å². The third-order valence-corrected chi connectivity index (χ3v) is 5.32. The van der Waals surface area contributed by atoms with Gasteiger partial charge in [0.05, 0.1) is 19.4 Å². The molecule has 3 aromatic rings. The number of aromatic nitrogens is 4. The van der Waals surface area contributed by atoms with Crippen molar-refractivity contribution in [2.75, 3.05) is 31.0 Å². The van der Waals surface area contributed by atoms with E-state index < -0.39 is 11.5 Å². The summed E-state index contributed by atoms with van der Waals surface area (Å²) in [5.74, 6) is -0.797. The van der Waals surface area contributed by atoms with Crippen LogP contribution in [0.2, 0.25) is 0 Å². The highest BCUT2D eigenvalue weighted by atomic mass is 32.1. The molecule has 0 aliphatic carbocycles. The van der Waals surface area contributed by atoms with E-state index in [1.807, 2.05) is 13.0 Å². The molecule has 30 heavy (non-hydrogen) atoms. The van der Waals surface area contributed by atoms with Crippen molar-refractivity contribution >= 4 is 28.1 Å². The SMILES string of the molecule is COc1c(N[C@@H]2CCCOC2)cc(C(=O)Nc2nnc(-n3nccc3C)s2)oc1=O. The minimum atomic E-state index is -0.755. The summed E-state index contributed by atoms with van der Waals surface area (Å²) in [6.45, 7) is 3.09. The minimum Gasteiger partial charge on any atom is -0.488 e. The number of carbonyl (C=O) groups is 1. The molecule has 1 atom stereocenters. The number of aryl methyl sites for hydroxylation is 1. The van der Waals surface area contributed by atoms with Gasteiger partial charge in [-0.1, -0.05) is 11.3 Å². The Morgan fingerprint density at radius 2 is 2.27 bits per heavy atom. The molecule has 0 bridgehead atoms. The van der Waals surface area contributed by atoms with Gasteiger partial charge >= 0.3 is 5.63 Å². The number of nitrogens with one attached hydrogen (secondary N) is 2. The third-order valence-electron chi connectivity index (χ3n) is 4.50. The van der Waals surface area contributed by atoms with Gasteiger partial charge < -0.3 is 19.2 Å². The number of rotatable bonds is 6. The van der Waals surface area contributed by atoms with Gasteiger partial charge in [-0.25, -0.2) is 9.48 Å². The highest BCUT2D eigenvalue weighted by Crippen LogP contribution is 2.25. The molecule has 158 valence electrons. The molecule has 1 amide bonds. The van der Waals surface area contributed by atoms with Crippen LogP contribution in [0.25, 0.3) is 5.13 Å². The topological polar surface area (TPSA) is 133 Å². The number of amides is 1. The monoisotopic (exact) mass is 432 g/mol. The maximum Gasteiger partial charge on any atom is 0.381 e. The van der Waals surface area contributed by atoms with Crippen LogP contribution in [0, 0.1) is 6.92 Å². The Kier molecular flexibility index (Phi) is 5.77. The van der Waals surface area contributed by atoms with Crippen LogP contribution in [0.15, 0.2) is 27.5 Å². The molecule has 11 nitrogen and oxygen atoms in total. The van der Waals surface area contributed by atoms with Crippen LogP contribution in [0.3, 0.4) is 0 Å². The number of methoxy groups -OCH3 is 1. The van der Waals surface area contributed by atoms with E-state index in [1.54, 1.807) is 10.9 Å². The predicted molar refractivity (Wildman–Crippen MR) is 109 cm³/mol. The first-order valence-electron chi connectivity index (χ1n) is 9.27. The van der Waals surface area contributed by atoms with Crippen molar-refractivity contribution in [1.29, 1.82) is 0 Å². The lowest BCUT2D eigenvalue weighted by Crippen LogP contribution is -2.31. The lowest BCUT2D eigenvalue weighted by atomic mass is 10.1. The highest BCUT2D eigenvalue weighted by molar-refractivity contribution is 7.17. The summed E-state index contributed by atoms with van der Waals surface area (Å²) in [7, 11) is 1.37. The Morgan fingerprint density at radius 3 is 2.97 bits per heavy atom. The molecule has 1 saturated heterocycles. The summed E-state index contributed by atoms with van der Waals surface area (Å²) in [5.41, 5.74) is 0.501. The van der Waals surface area contributed by atoms with E-state index in [1.165, 1.54) is 13.2 Å². The van der Waals surface area contributed by atoms with E-state index in [2.05, 4.69) is 25.9 Å². The Morgan fingerprint density at radius 1 is 1.40 bits per heavy atom. The second-order valence-electron chi connectivity index (χ2n) is 6.63. The van der Waals surface area contributed by atoms with E-state index in [4.69, 9.17) is 13.9 Å². The zero-order valence-corrected chi connectivity index (χ0v) is 17.2. The van der Waals surface area contributed by atoms with Crippen molar-refractivity contribution in [3.05, 3.63) is 40.2 Å². The number of ether oxygens (including phenoxy) is 2. The minimum absolute atomic E-state index is 0.00415. The van der Waals surface area contributed by atoms with Gasteiger partial charge in [-0.3, -0.25) is 10.1 Å². The van der Waals surface area contributed by atoms with Gasteiger partial charge in [0.1, 0.15) is 0 Å². The smallest absolute Gasteiger partial charge is 0.381 e. The third kappa shape index (κ3) is 4.19. The Bertz CT molecular complexity index is 1100. The lowest BCUT2D eigenvalue weighted by molar-refractivity contribution is 0.0875. The highest BCUT2D eigenvalue weighted by Gasteiger charge is 2.22. The molecular formula is C18H20N6O5S. The number of hydrogen-bond donors (Lipinski definition) is 2. The van der Waals surface area contributed by atoms with E-state index in [-0.39, 0.29) is 22.7 Å². The van der Waals surface area contributed by atoms with Crippen LogP contribution in [0.4, 0.5) is 10.8 Å². The van der Waals surface area contributed by atoms with Gasteiger partial charge in [-0.15, -0.1) is 10.2 Å². The average molecular weight is 432 g/mol. The molecule has 0 aromatic carbocycles. The van der Waals surface area contributed by atoms with Crippen LogP contribution >= 0.6 is 11.3 Å². The molecule has 4 rings (SSSR count). The van der Waals surface area contributed by atoms with Crippen molar-refractivity contribution in [1.82, 2.24) is 20.0 Å². The Labute approximate surface area is 175 Å². The fourth-order valence-corrected chi connectivity index (χ4v) is 3.81. The molecule has 12 heteroatoms. The standard InChI is InChI=1S/C18H20N6O5S/c1-10-5-6-19-24(10)18-23-22-17(30-18)21-15(25)13-8-12(14(27-2)16(26)29-13)20-11-4-3-7-28-9-11/h5-6,8,11,20H,3-4,7,9H2,1-2H3,(H,21,22,25)/t11-/m1/s1. The first-order chi connectivity index (χ1) is 14.5. The van der Waals surface area contributed by atoms with E-state index in [0.717, 1.165) is 29.9 Å². The summed E-state index contributed by atoms with van der Waals surface area (Å²) >= 11 is 1.14. The van der Waals surface area contributed by atoms with Crippen LogP contribution in [0.1, 0.15) is 29.1 Å². The maximum atomic E-state index is 12.7. The second kappa shape index (κ2) is 8.63. The predicted octanol–water partition coefficient (Wildman–Crippen LogP) is 1.84. The number of hydrogen-bond acceptors (Lipinski definition) is 10. The molecule has 0 saturated carbocycles. The fraction of sp³-hybridized carbons (Fsp3) is 0.389.